The van der Waals surface area contributed by atoms with E-state index in [2.05, 4.69) is 34.2 Å². The van der Waals surface area contributed by atoms with Gasteiger partial charge in [0.2, 0.25) is 11.8 Å². The Kier molecular flexibility index (Phi) is 5.84. The first-order valence-corrected chi connectivity index (χ1v) is 10.1. The Hall–Kier alpha value is -3.21. The predicted molar refractivity (Wildman–Crippen MR) is 113 cm³/mol. The number of ether oxygens (including phenoxy) is 1. The maximum absolute atomic E-state index is 12.8. The van der Waals surface area contributed by atoms with Crippen molar-refractivity contribution >= 4 is 5.91 Å². The molecule has 3 aromatic rings. The Bertz CT molecular complexity index is 957. The fraction of sp³-hybridized carbons (Fsp3) is 0.292. The van der Waals surface area contributed by atoms with Crippen molar-refractivity contribution in [3.05, 3.63) is 78.2 Å². The summed E-state index contributed by atoms with van der Waals surface area (Å²) in [5.41, 5.74) is 3.37. The van der Waals surface area contributed by atoms with Crippen molar-refractivity contribution in [2.45, 2.75) is 32.3 Å². The molecule has 29 heavy (non-hydrogen) atoms. The van der Waals surface area contributed by atoms with E-state index in [9.17, 15) is 4.79 Å². The van der Waals surface area contributed by atoms with Gasteiger partial charge in [0.15, 0.2) is 0 Å². The summed E-state index contributed by atoms with van der Waals surface area (Å²) >= 11 is 0. The highest BCUT2D eigenvalue weighted by molar-refractivity contribution is 5.79. The molecule has 5 nitrogen and oxygen atoms in total. The second kappa shape index (κ2) is 8.86. The van der Waals surface area contributed by atoms with Crippen molar-refractivity contribution in [3.63, 3.8) is 0 Å². The van der Waals surface area contributed by atoms with Gasteiger partial charge in [0.05, 0.1) is 13.0 Å². The average Bonchev–Trinajstić information content (AvgIpc) is 2.75. The Morgan fingerprint density at radius 2 is 1.83 bits per heavy atom. The molecule has 0 spiro atoms. The molecule has 0 aliphatic carbocycles. The van der Waals surface area contributed by atoms with Crippen LogP contribution in [0, 0.1) is 6.92 Å². The van der Waals surface area contributed by atoms with Gasteiger partial charge < -0.3 is 9.64 Å². The van der Waals surface area contributed by atoms with E-state index in [4.69, 9.17) is 4.74 Å². The van der Waals surface area contributed by atoms with Crippen LogP contribution in [0.5, 0.6) is 5.88 Å². The van der Waals surface area contributed by atoms with Gasteiger partial charge >= 0.3 is 0 Å². The SMILES string of the molecule is Cc1nccc(OC2CCCN(C(=O)Cc3ccc(-c4ccccc4)cc3)C2)n1. The monoisotopic (exact) mass is 387 g/mol. The van der Waals surface area contributed by atoms with Crippen molar-refractivity contribution in [1.29, 1.82) is 0 Å². The third-order valence-corrected chi connectivity index (χ3v) is 5.19. The molecule has 5 heteroatoms. The first kappa shape index (κ1) is 19.1. The summed E-state index contributed by atoms with van der Waals surface area (Å²) in [6.45, 7) is 3.22. The van der Waals surface area contributed by atoms with Crippen LogP contribution < -0.4 is 4.74 Å². The largest absolute Gasteiger partial charge is 0.472 e. The first-order chi connectivity index (χ1) is 14.2. The Balaban J connectivity index is 1.35. The smallest absolute Gasteiger partial charge is 0.227 e. The molecule has 1 aromatic heterocycles. The molecule has 4 rings (SSSR count). The molecular formula is C24H25N3O2. The van der Waals surface area contributed by atoms with E-state index in [0.29, 0.717) is 24.7 Å². The van der Waals surface area contributed by atoms with Gasteiger partial charge in [-0.2, -0.15) is 4.98 Å². The molecule has 148 valence electrons. The molecule has 1 aliphatic rings. The first-order valence-electron chi connectivity index (χ1n) is 10.1. The van der Waals surface area contributed by atoms with Gasteiger partial charge in [-0.05, 0) is 36.5 Å². The van der Waals surface area contributed by atoms with E-state index >= 15 is 0 Å². The third-order valence-electron chi connectivity index (χ3n) is 5.19. The number of piperidine rings is 1. The zero-order valence-electron chi connectivity index (χ0n) is 16.6. The fourth-order valence-corrected chi connectivity index (χ4v) is 3.66. The normalized spacial score (nSPS) is 16.4. The second-order valence-electron chi connectivity index (χ2n) is 7.40. The lowest BCUT2D eigenvalue weighted by molar-refractivity contribution is -0.133. The maximum atomic E-state index is 12.8. The number of carbonyl (C=O) groups is 1. The lowest BCUT2D eigenvalue weighted by atomic mass is 10.0. The van der Waals surface area contributed by atoms with E-state index in [1.807, 2.05) is 42.2 Å². The molecule has 2 heterocycles. The van der Waals surface area contributed by atoms with Crippen LogP contribution in [0.15, 0.2) is 66.9 Å². The molecule has 1 saturated heterocycles. The van der Waals surface area contributed by atoms with Crippen molar-refractivity contribution in [2.75, 3.05) is 13.1 Å². The van der Waals surface area contributed by atoms with Gasteiger partial charge in [-0.15, -0.1) is 0 Å². The molecule has 0 bridgehead atoms. The van der Waals surface area contributed by atoms with Gasteiger partial charge in [-0.3, -0.25) is 4.79 Å². The van der Waals surface area contributed by atoms with Crippen LogP contribution >= 0.6 is 0 Å². The van der Waals surface area contributed by atoms with Gasteiger partial charge in [0.25, 0.3) is 0 Å². The van der Waals surface area contributed by atoms with Crippen LogP contribution in [-0.2, 0) is 11.2 Å². The molecule has 1 aliphatic heterocycles. The van der Waals surface area contributed by atoms with Crippen LogP contribution in [0.2, 0.25) is 0 Å². The zero-order chi connectivity index (χ0) is 20.1. The summed E-state index contributed by atoms with van der Waals surface area (Å²) in [4.78, 5) is 23.1. The number of hydrogen-bond acceptors (Lipinski definition) is 4. The highest BCUT2D eigenvalue weighted by atomic mass is 16.5. The lowest BCUT2D eigenvalue weighted by Crippen LogP contribution is -2.45. The van der Waals surface area contributed by atoms with Gasteiger partial charge in [0.1, 0.15) is 11.9 Å². The molecule has 0 saturated carbocycles. The maximum Gasteiger partial charge on any atom is 0.227 e. The molecule has 0 N–H and O–H groups in total. The van der Waals surface area contributed by atoms with Gasteiger partial charge in [0, 0.05) is 18.8 Å². The second-order valence-corrected chi connectivity index (χ2v) is 7.40. The number of nitrogens with zero attached hydrogens (tertiary/aromatic N) is 3. The summed E-state index contributed by atoms with van der Waals surface area (Å²) in [7, 11) is 0. The topological polar surface area (TPSA) is 55.3 Å². The van der Waals surface area contributed by atoms with Crippen LogP contribution in [0.25, 0.3) is 11.1 Å². The van der Waals surface area contributed by atoms with Crippen LogP contribution in [0.4, 0.5) is 0 Å². The molecule has 0 radical (unpaired) electrons. The summed E-state index contributed by atoms with van der Waals surface area (Å²) in [6.07, 6.45) is 3.95. The Labute approximate surface area is 171 Å². The van der Waals surface area contributed by atoms with Crippen LogP contribution in [0.3, 0.4) is 0 Å². The number of benzene rings is 2. The molecule has 2 aromatic carbocycles. The number of carbonyl (C=O) groups excluding carboxylic acids is 1. The number of likely N-dealkylation sites (tertiary alicyclic amines) is 1. The number of hydrogen-bond donors (Lipinski definition) is 0. The highest BCUT2D eigenvalue weighted by Crippen LogP contribution is 2.21. The average molecular weight is 387 g/mol. The van der Waals surface area contributed by atoms with E-state index in [1.165, 1.54) is 5.56 Å². The summed E-state index contributed by atoms with van der Waals surface area (Å²) in [5, 5.41) is 0. The van der Waals surface area contributed by atoms with Crippen molar-refractivity contribution < 1.29 is 9.53 Å². The quantitative estimate of drug-likeness (QED) is 0.662. The van der Waals surface area contributed by atoms with Crippen molar-refractivity contribution in [2.24, 2.45) is 0 Å². The number of rotatable bonds is 5. The standard InChI is InChI=1S/C24H25N3O2/c1-18-25-14-13-23(26-18)29-22-8-5-15-27(17-22)24(28)16-19-9-11-21(12-10-19)20-6-3-2-4-7-20/h2-4,6-7,9-14,22H,5,8,15-17H2,1H3. The highest BCUT2D eigenvalue weighted by Gasteiger charge is 2.25. The van der Waals surface area contributed by atoms with Gasteiger partial charge in [-0.1, -0.05) is 54.6 Å². The van der Waals surface area contributed by atoms with Crippen molar-refractivity contribution in [3.8, 4) is 17.0 Å². The minimum absolute atomic E-state index is 0.0255. The lowest BCUT2D eigenvalue weighted by Gasteiger charge is -2.32. The van der Waals surface area contributed by atoms with E-state index in [0.717, 1.165) is 30.5 Å². The number of amides is 1. The number of aromatic nitrogens is 2. The predicted octanol–water partition coefficient (Wildman–Crippen LogP) is 4.06. The number of aryl methyl sites for hydroxylation is 1. The van der Waals surface area contributed by atoms with E-state index in [-0.39, 0.29) is 12.0 Å². The van der Waals surface area contributed by atoms with Gasteiger partial charge in [-0.25, -0.2) is 4.98 Å². The zero-order valence-corrected chi connectivity index (χ0v) is 16.6. The third kappa shape index (κ3) is 4.99. The van der Waals surface area contributed by atoms with E-state index in [1.54, 1.807) is 12.3 Å². The summed E-state index contributed by atoms with van der Waals surface area (Å²) in [6, 6.07) is 20.3. The molecule has 1 atom stereocenters. The molecular weight excluding hydrogens is 362 g/mol. The van der Waals surface area contributed by atoms with Crippen molar-refractivity contribution in [1.82, 2.24) is 14.9 Å². The fourth-order valence-electron chi connectivity index (χ4n) is 3.66. The molecule has 1 unspecified atom stereocenters. The Morgan fingerprint density at radius 1 is 1.07 bits per heavy atom. The van der Waals surface area contributed by atoms with E-state index < -0.39 is 0 Å². The minimum atomic E-state index is -0.0255. The molecule has 1 amide bonds. The molecule has 1 fully saturated rings. The Morgan fingerprint density at radius 3 is 2.59 bits per heavy atom. The van der Waals surface area contributed by atoms with Crippen LogP contribution in [0.1, 0.15) is 24.2 Å². The summed E-state index contributed by atoms with van der Waals surface area (Å²) < 4.78 is 5.99. The summed E-state index contributed by atoms with van der Waals surface area (Å²) in [5.74, 6) is 1.41. The van der Waals surface area contributed by atoms with Crippen LogP contribution in [-0.4, -0.2) is 40.0 Å². The minimum Gasteiger partial charge on any atom is -0.472 e.